The van der Waals surface area contributed by atoms with Crippen LogP contribution in [0.1, 0.15) is 27.0 Å². The smallest absolute Gasteiger partial charge is 0.194 e. The average molecular weight is 238 g/mol. The maximum absolute atomic E-state index is 12.3. The summed E-state index contributed by atoms with van der Waals surface area (Å²) in [5.74, 6) is -0.382. The van der Waals surface area contributed by atoms with Crippen LogP contribution in [0, 0.1) is 5.41 Å². The van der Waals surface area contributed by atoms with E-state index >= 15 is 0 Å². The van der Waals surface area contributed by atoms with E-state index in [-0.39, 0.29) is 28.5 Å². The summed E-state index contributed by atoms with van der Waals surface area (Å²) in [6.07, 6.45) is 0. The lowest BCUT2D eigenvalue weighted by Gasteiger charge is -2.20. The molecule has 0 aromatic heterocycles. The molecule has 0 amide bonds. The zero-order valence-electron chi connectivity index (χ0n) is 9.40. The van der Waals surface area contributed by atoms with E-state index in [1.807, 2.05) is 0 Å². The normalized spacial score (nSPS) is 13.1. The Morgan fingerprint density at radius 1 is 1.00 bits per heavy atom. The van der Waals surface area contributed by atoms with Crippen molar-refractivity contribution in [2.75, 3.05) is 5.73 Å². The second-order valence-corrected chi connectivity index (χ2v) is 4.18. The molecular formula is C14H10N2O2. The molecule has 0 heterocycles. The van der Waals surface area contributed by atoms with Gasteiger partial charge in [-0.25, -0.2) is 0 Å². The quantitative estimate of drug-likeness (QED) is 0.413. The highest BCUT2D eigenvalue weighted by Crippen LogP contribution is 2.35. The van der Waals surface area contributed by atoms with Gasteiger partial charge < -0.3 is 10.8 Å². The number of ketones is 1. The molecule has 0 unspecified atom stereocenters. The van der Waals surface area contributed by atoms with Crippen LogP contribution in [0.15, 0.2) is 36.4 Å². The van der Waals surface area contributed by atoms with E-state index in [1.165, 1.54) is 6.07 Å². The third-order valence-corrected chi connectivity index (χ3v) is 3.14. The van der Waals surface area contributed by atoms with Gasteiger partial charge in [0.15, 0.2) is 5.78 Å². The molecule has 1 aliphatic carbocycles. The van der Waals surface area contributed by atoms with Crippen molar-refractivity contribution in [1.29, 1.82) is 5.41 Å². The maximum atomic E-state index is 12.3. The molecule has 0 radical (unpaired) electrons. The molecule has 0 aliphatic heterocycles. The second kappa shape index (κ2) is 3.43. The number of nitrogens with one attached hydrogen (secondary N) is 1. The summed E-state index contributed by atoms with van der Waals surface area (Å²) in [4.78, 5) is 12.3. The van der Waals surface area contributed by atoms with Gasteiger partial charge in [0.25, 0.3) is 0 Å². The number of hydrogen-bond acceptors (Lipinski definition) is 4. The van der Waals surface area contributed by atoms with Crippen LogP contribution < -0.4 is 5.73 Å². The molecule has 0 saturated heterocycles. The molecular weight excluding hydrogens is 228 g/mol. The minimum atomic E-state index is -0.194. The van der Waals surface area contributed by atoms with Crippen molar-refractivity contribution in [3.05, 3.63) is 58.7 Å². The Kier molecular flexibility index (Phi) is 2.01. The number of benzene rings is 2. The maximum Gasteiger partial charge on any atom is 0.194 e. The molecule has 0 bridgehead atoms. The van der Waals surface area contributed by atoms with Crippen LogP contribution in [-0.4, -0.2) is 16.6 Å². The van der Waals surface area contributed by atoms with E-state index in [9.17, 15) is 9.90 Å². The number of rotatable bonds is 0. The third-order valence-electron chi connectivity index (χ3n) is 3.14. The summed E-state index contributed by atoms with van der Waals surface area (Å²) >= 11 is 0. The van der Waals surface area contributed by atoms with E-state index in [0.29, 0.717) is 16.7 Å². The molecule has 4 nitrogen and oxygen atoms in total. The molecule has 0 fully saturated rings. The van der Waals surface area contributed by atoms with Crippen LogP contribution in [0.4, 0.5) is 5.69 Å². The highest BCUT2D eigenvalue weighted by Gasteiger charge is 2.29. The number of carbonyl (C=O) groups is 1. The van der Waals surface area contributed by atoms with E-state index in [0.717, 1.165) is 0 Å². The van der Waals surface area contributed by atoms with Gasteiger partial charge in [-0.05, 0) is 12.1 Å². The lowest BCUT2D eigenvalue weighted by molar-refractivity contribution is 0.103. The first-order chi connectivity index (χ1) is 8.61. The first-order valence-corrected chi connectivity index (χ1v) is 5.45. The predicted molar refractivity (Wildman–Crippen MR) is 68.3 cm³/mol. The molecule has 4 N–H and O–H groups in total. The SMILES string of the molecule is N=C1c2ccccc2C(=O)c2ccc(N)c(O)c21. The molecule has 1 aliphatic rings. The van der Waals surface area contributed by atoms with Crippen molar-refractivity contribution in [3.63, 3.8) is 0 Å². The number of nitrogen functional groups attached to an aromatic ring is 1. The Bertz CT molecular complexity index is 705. The number of carbonyl (C=O) groups excluding carboxylic acids is 1. The van der Waals surface area contributed by atoms with E-state index in [1.54, 1.807) is 30.3 Å². The Balaban J connectivity index is 2.38. The highest BCUT2D eigenvalue weighted by atomic mass is 16.3. The second-order valence-electron chi connectivity index (χ2n) is 4.18. The van der Waals surface area contributed by atoms with Crippen molar-refractivity contribution in [3.8, 4) is 5.75 Å². The molecule has 3 rings (SSSR count). The number of fused-ring (bicyclic) bond motifs is 2. The van der Waals surface area contributed by atoms with Crippen LogP contribution in [0.25, 0.3) is 0 Å². The number of hydrogen-bond donors (Lipinski definition) is 3. The van der Waals surface area contributed by atoms with Gasteiger partial charge in [-0.15, -0.1) is 0 Å². The summed E-state index contributed by atoms with van der Waals surface area (Å²) in [7, 11) is 0. The molecule has 0 spiro atoms. The van der Waals surface area contributed by atoms with Gasteiger partial charge in [-0.3, -0.25) is 10.2 Å². The molecule has 2 aromatic rings. The van der Waals surface area contributed by atoms with Gasteiger partial charge in [-0.1, -0.05) is 24.3 Å². The van der Waals surface area contributed by atoms with Gasteiger partial charge in [0, 0.05) is 16.7 Å². The van der Waals surface area contributed by atoms with Crippen molar-refractivity contribution < 1.29 is 9.90 Å². The fourth-order valence-electron chi connectivity index (χ4n) is 2.23. The summed E-state index contributed by atoms with van der Waals surface area (Å²) in [5.41, 5.74) is 7.47. The number of phenolic OH excluding ortho intramolecular Hbond substituents is 1. The summed E-state index contributed by atoms with van der Waals surface area (Å²) < 4.78 is 0. The minimum absolute atomic E-state index is 0.130. The van der Waals surface area contributed by atoms with E-state index in [4.69, 9.17) is 11.1 Å². The van der Waals surface area contributed by atoms with Gasteiger partial charge >= 0.3 is 0 Å². The van der Waals surface area contributed by atoms with Crippen molar-refractivity contribution in [2.45, 2.75) is 0 Å². The lowest BCUT2D eigenvalue weighted by atomic mass is 9.83. The van der Waals surface area contributed by atoms with E-state index < -0.39 is 0 Å². The summed E-state index contributed by atoms with van der Waals surface area (Å²) in [5, 5.41) is 18.1. The first kappa shape index (κ1) is 10.5. The third kappa shape index (κ3) is 1.20. The van der Waals surface area contributed by atoms with E-state index in [2.05, 4.69) is 0 Å². The van der Waals surface area contributed by atoms with Gasteiger partial charge in [0.1, 0.15) is 5.75 Å². The Labute approximate surface area is 103 Å². The fourth-order valence-corrected chi connectivity index (χ4v) is 2.23. The molecule has 0 atom stereocenters. The monoisotopic (exact) mass is 238 g/mol. The number of aromatic hydroxyl groups is 1. The fraction of sp³-hybridized carbons (Fsp3) is 0. The van der Waals surface area contributed by atoms with Crippen LogP contribution in [-0.2, 0) is 0 Å². The summed E-state index contributed by atoms with van der Waals surface area (Å²) in [6, 6.07) is 9.93. The van der Waals surface area contributed by atoms with Crippen LogP contribution in [0.2, 0.25) is 0 Å². The Morgan fingerprint density at radius 3 is 2.39 bits per heavy atom. The molecule has 4 heteroatoms. The molecule has 88 valence electrons. The zero-order valence-corrected chi connectivity index (χ0v) is 9.40. The first-order valence-electron chi connectivity index (χ1n) is 5.45. The highest BCUT2D eigenvalue weighted by molar-refractivity contribution is 6.30. The van der Waals surface area contributed by atoms with Gasteiger partial charge in [0.2, 0.25) is 0 Å². The van der Waals surface area contributed by atoms with Crippen LogP contribution >= 0.6 is 0 Å². The lowest BCUT2D eigenvalue weighted by Crippen LogP contribution is -2.21. The number of phenols is 1. The predicted octanol–water partition coefficient (Wildman–Crippen LogP) is 1.93. The Hall–Kier alpha value is -2.62. The Morgan fingerprint density at radius 2 is 1.67 bits per heavy atom. The number of anilines is 1. The minimum Gasteiger partial charge on any atom is -0.505 e. The van der Waals surface area contributed by atoms with Crippen molar-refractivity contribution in [1.82, 2.24) is 0 Å². The average Bonchev–Trinajstić information content (AvgIpc) is 2.39. The van der Waals surface area contributed by atoms with Crippen LogP contribution in [0.5, 0.6) is 5.75 Å². The van der Waals surface area contributed by atoms with Gasteiger partial charge in [-0.2, -0.15) is 0 Å². The largest absolute Gasteiger partial charge is 0.505 e. The topological polar surface area (TPSA) is 87.2 Å². The van der Waals surface area contributed by atoms with Crippen molar-refractivity contribution in [2.24, 2.45) is 0 Å². The van der Waals surface area contributed by atoms with Crippen LogP contribution in [0.3, 0.4) is 0 Å². The molecule has 0 saturated carbocycles. The number of nitrogens with two attached hydrogens (primary N) is 1. The summed E-state index contributed by atoms with van der Waals surface area (Å²) in [6.45, 7) is 0. The zero-order chi connectivity index (χ0) is 12.9. The standard InChI is InChI=1S/C14H10N2O2/c15-10-6-5-9-11(14(10)18)12(16)7-3-1-2-4-8(7)13(9)17/h1-6,16,18H,15H2. The molecule has 18 heavy (non-hydrogen) atoms. The molecule has 2 aromatic carbocycles. The van der Waals surface area contributed by atoms with Crippen molar-refractivity contribution >= 4 is 17.2 Å². The van der Waals surface area contributed by atoms with Gasteiger partial charge in [0.05, 0.1) is 17.0 Å².